The molecule has 0 aliphatic carbocycles. The van der Waals surface area contributed by atoms with Crippen LogP contribution in [0.2, 0.25) is 0 Å². The van der Waals surface area contributed by atoms with Gasteiger partial charge in [-0.3, -0.25) is 4.79 Å². The molecule has 104 valence electrons. The molecule has 0 atom stereocenters. The first-order valence-electron chi connectivity index (χ1n) is 7.02. The van der Waals surface area contributed by atoms with E-state index in [1.165, 1.54) is 5.69 Å². The van der Waals surface area contributed by atoms with Crippen LogP contribution in [0.25, 0.3) is 0 Å². The van der Waals surface area contributed by atoms with Gasteiger partial charge in [-0.25, -0.2) is 0 Å². The van der Waals surface area contributed by atoms with Gasteiger partial charge in [-0.2, -0.15) is 0 Å². The molecule has 4 nitrogen and oxygen atoms in total. The molecule has 1 aromatic carbocycles. The largest absolute Gasteiger partial charge is 0.373 e. The molecule has 0 spiro atoms. The van der Waals surface area contributed by atoms with Crippen molar-refractivity contribution in [3.63, 3.8) is 0 Å². The zero-order chi connectivity index (χ0) is 13.5. The van der Waals surface area contributed by atoms with E-state index < -0.39 is 0 Å². The van der Waals surface area contributed by atoms with Gasteiger partial charge in [0.25, 0.3) is 0 Å². The summed E-state index contributed by atoms with van der Waals surface area (Å²) in [5.41, 5.74) is 1.18. The molecule has 0 aromatic heterocycles. The second-order valence-corrected chi connectivity index (χ2v) is 5.07. The first-order valence-corrected chi connectivity index (χ1v) is 7.02. The van der Waals surface area contributed by atoms with E-state index in [0.717, 1.165) is 32.5 Å². The van der Waals surface area contributed by atoms with Crippen molar-refractivity contribution in [3.05, 3.63) is 30.3 Å². The molecule has 1 amide bonds. The minimum Gasteiger partial charge on any atom is -0.373 e. The number of amides is 1. The molecule has 2 rings (SSSR count). The number of rotatable bonds is 5. The van der Waals surface area contributed by atoms with Crippen molar-refractivity contribution < 1.29 is 4.79 Å². The van der Waals surface area contributed by atoms with Crippen molar-refractivity contribution >= 4 is 11.6 Å². The number of carbonyl (C=O) groups excluding carboxylic acids is 1. The fraction of sp³-hybridized carbons (Fsp3) is 0.533. The third-order valence-corrected chi connectivity index (χ3v) is 3.65. The number of hydrogen-bond donors (Lipinski definition) is 2. The third kappa shape index (κ3) is 4.24. The number of para-hydroxylation sites is 1. The van der Waals surface area contributed by atoms with E-state index in [4.69, 9.17) is 0 Å². The Morgan fingerprint density at radius 1 is 1.32 bits per heavy atom. The molecule has 4 heteroatoms. The number of nitrogens with one attached hydrogen (secondary N) is 2. The Labute approximate surface area is 115 Å². The summed E-state index contributed by atoms with van der Waals surface area (Å²) in [5, 5.41) is 6.32. The van der Waals surface area contributed by atoms with Gasteiger partial charge in [0.05, 0.1) is 0 Å². The van der Waals surface area contributed by atoms with Gasteiger partial charge in [-0.05, 0) is 38.1 Å². The van der Waals surface area contributed by atoms with Gasteiger partial charge in [0.15, 0.2) is 0 Å². The predicted molar refractivity (Wildman–Crippen MR) is 78.3 cm³/mol. The SMILES string of the molecule is CN(CCNC(=O)C1CCNCC1)c1ccccc1. The van der Waals surface area contributed by atoms with Crippen LogP contribution in [0.15, 0.2) is 30.3 Å². The van der Waals surface area contributed by atoms with Gasteiger partial charge in [0.2, 0.25) is 5.91 Å². The van der Waals surface area contributed by atoms with Crippen molar-refractivity contribution in [3.8, 4) is 0 Å². The van der Waals surface area contributed by atoms with Crippen molar-refractivity contribution in [1.82, 2.24) is 10.6 Å². The van der Waals surface area contributed by atoms with Crippen LogP contribution in [0.1, 0.15) is 12.8 Å². The topological polar surface area (TPSA) is 44.4 Å². The highest BCUT2D eigenvalue weighted by molar-refractivity contribution is 5.78. The second kappa shape index (κ2) is 7.14. The van der Waals surface area contributed by atoms with E-state index in [0.29, 0.717) is 6.54 Å². The maximum absolute atomic E-state index is 12.0. The summed E-state index contributed by atoms with van der Waals surface area (Å²) in [6.45, 7) is 3.46. The fourth-order valence-corrected chi connectivity index (χ4v) is 2.39. The molecule has 1 saturated heterocycles. The smallest absolute Gasteiger partial charge is 0.223 e. The summed E-state index contributed by atoms with van der Waals surface area (Å²) in [4.78, 5) is 14.1. The third-order valence-electron chi connectivity index (χ3n) is 3.65. The first-order chi connectivity index (χ1) is 9.27. The summed E-state index contributed by atoms with van der Waals surface area (Å²) in [6, 6.07) is 10.2. The summed E-state index contributed by atoms with van der Waals surface area (Å²) < 4.78 is 0. The van der Waals surface area contributed by atoms with Gasteiger partial charge in [-0.15, -0.1) is 0 Å². The molecule has 0 saturated carbocycles. The standard InChI is InChI=1S/C15H23N3O/c1-18(14-5-3-2-4-6-14)12-11-17-15(19)13-7-9-16-10-8-13/h2-6,13,16H,7-12H2,1H3,(H,17,19). The molecule has 1 aromatic rings. The lowest BCUT2D eigenvalue weighted by Gasteiger charge is -2.23. The highest BCUT2D eigenvalue weighted by Gasteiger charge is 2.20. The molecule has 0 radical (unpaired) electrons. The molecule has 2 N–H and O–H groups in total. The Kier molecular flexibility index (Phi) is 5.21. The zero-order valence-corrected chi connectivity index (χ0v) is 11.6. The van der Waals surface area contributed by atoms with E-state index in [1.54, 1.807) is 0 Å². The van der Waals surface area contributed by atoms with Crippen LogP contribution in [-0.2, 0) is 4.79 Å². The molecule has 0 bridgehead atoms. The minimum atomic E-state index is 0.197. The van der Waals surface area contributed by atoms with Gasteiger partial charge in [0, 0.05) is 31.7 Å². The Hall–Kier alpha value is -1.55. The van der Waals surface area contributed by atoms with Crippen molar-refractivity contribution in [1.29, 1.82) is 0 Å². The Balaban J connectivity index is 1.69. The molecule has 1 aliphatic rings. The van der Waals surface area contributed by atoms with Crippen molar-refractivity contribution in [2.45, 2.75) is 12.8 Å². The quantitative estimate of drug-likeness (QED) is 0.838. The average Bonchev–Trinajstić information content (AvgIpc) is 2.49. The summed E-state index contributed by atoms with van der Waals surface area (Å²) in [7, 11) is 2.05. The Bertz CT molecular complexity index is 388. The summed E-state index contributed by atoms with van der Waals surface area (Å²) in [6.07, 6.45) is 1.92. The first kappa shape index (κ1) is 13.9. The zero-order valence-electron chi connectivity index (χ0n) is 11.6. The van der Waals surface area contributed by atoms with E-state index >= 15 is 0 Å². The minimum absolute atomic E-state index is 0.197. The number of likely N-dealkylation sites (N-methyl/N-ethyl adjacent to an activating group) is 1. The van der Waals surface area contributed by atoms with E-state index in [2.05, 4.69) is 27.7 Å². The molecule has 1 fully saturated rings. The van der Waals surface area contributed by atoms with E-state index in [-0.39, 0.29) is 11.8 Å². The van der Waals surface area contributed by atoms with E-state index in [9.17, 15) is 4.79 Å². The predicted octanol–water partition coefficient (Wildman–Crippen LogP) is 1.24. The number of piperidine rings is 1. The normalized spacial score (nSPS) is 16.1. The Morgan fingerprint density at radius 3 is 2.68 bits per heavy atom. The highest BCUT2D eigenvalue weighted by Crippen LogP contribution is 2.12. The lowest BCUT2D eigenvalue weighted by molar-refractivity contribution is -0.125. The van der Waals surface area contributed by atoms with Crippen LogP contribution < -0.4 is 15.5 Å². The summed E-state index contributed by atoms with van der Waals surface area (Å²) in [5.74, 6) is 0.409. The van der Waals surface area contributed by atoms with Crippen LogP contribution in [0, 0.1) is 5.92 Å². The lowest BCUT2D eigenvalue weighted by atomic mass is 9.97. The molecular weight excluding hydrogens is 238 g/mol. The molecule has 19 heavy (non-hydrogen) atoms. The molecule has 0 unspecified atom stereocenters. The van der Waals surface area contributed by atoms with Crippen LogP contribution in [0.5, 0.6) is 0 Å². The number of nitrogens with zero attached hydrogens (tertiary/aromatic N) is 1. The molecular formula is C15H23N3O. The number of carbonyl (C=O) groups is 1. The highest BCUT2D eigenvalue weighted by atomic mass is 16.1. The maximum atomic E-state index is 12.0. The number of hydrogen-bond acceptors (Lipinski definition) is 3. The van der Waals surface area contributed by atoms with Crippen molar-refractivity contribution in [2.24, 2.45) is 5.92 Å². The van der Waals surface area contributed by atoms with Gasteiger partial charge in [0.1, 0.15) is 0 Å². The van der Waals surface area contributed by atoms with Crippen LogP contribution in [-0.4, -0.2) is 39.1 Å². The lowest BCUT2D eigenvalue weighted by Crippen LogP contribution is -2.40. The fourth-order valence-electron chi connectivity index (χ4n) is 2.39. The monoisotopic (exact) mass is 261 g/mol. The molecule has 1 aliphatic heterocycles. The number of anilines is 1. The van der Waals surface area contributed by atoms with Gasteiger partial charge in [-0.1, -0.05) is 18.2 Å². The second-order valence-electron chi connectivity index (χ2n) is 5.07. The number of benzene rings is 1. The van der Waals surface area contributed by atoms with Gasteiger partial charge >= 0.3 is 0 Å². The van der Waals surface area contributed by atoms with Crippen LogP contribution >= 0.6 is 0 Å². The van der Waals surface area contributed by atoms with Crippen LogP contribution in [0.4, 0.5) is 5.69 Å². The average molecular weight is 261 g/mol. The molecule has 1 heterocycles. The maximum Gasteiger partial charge on any atom is 0.223 e. The van der Waals surface area contributed by atoms with Gasteiger partial charge < -0.3 is 15.5 Å². The van der Waals surface area contributed by atoms with E-state index in [1.807, 2.05) is 25.2 Å². The summed E-state index contributed by atoms with van der Waals surface area (Å²) >= 11 is 0. The Morgan fingerprint density at radius 2 is 2.00 bits per heavy atom. The van der Waals surface area contributed by atoms with Crippen LogP contribution in [0.3, 0.4) is 0 Å². The van der Waals surface area contributed by atoms with Crippen molar-refractivity contribution in [2.75, 3.05) is 38.1 Å².